The van der Waals surface area contributed by atoms with Crippen molar-refractivity contribution in [2.24, 2.45) is 17.8 Å². The minimum Gasteiger partial charge on any atom is -0.368 e. The molecule has 1 nitrogen and oxygen atoms in total. The maximum absolute atomic E-state index is 6.45. The first-order valence-corrected chi connectivity index (χ1v) is 9.63. The lowest BCUT2D eigenvalue weighted by Crippen LogP contribution is -2.47. The van der Waals surface area contributed by atoms with E-state index in [-0.39, 0.29) is 11.7 Å². The van der Waals surface area contributed by atoms with Crippen molar-refractivity contribution in [2.45, 2.75) is 105 Å². The Morgan fingerprint density at radius 1 is 0.909 bits per heavy atom. The van der Waals surface area contributed by atoms with Crippen LogP contribution in [0.1, 0.15) is 93.4 Å². The highest BCUT2D eigenvalue weighted by Crippen LogP contribution is 2.40. The summed E-state index contributed by atoms with van der Waals surface area (Å²) in [6.07, 6.45) is 11.7. The van der Waals surface area contributed by atoms with Crippen molar-refractivity contribution in [3.05, 3.63) is 12.7 Å². The van der Waals surface area contributed by atoms with Crippen LogP contribution in [-0.2, 0) is 4.74 Å². The Hall–Kier alpha value is -0.300. The summed E-state index contributed by atoms with van der Waals surface area (Å²) in [5.74, 6) is 1.63. The topological polar surface area (TPSA) is 9.23 Å². The quantitative estimate of drug-likeness (QED) is 0.262. The van der Waals surface area contributed by atoms with E-state index in [9.17, 15) is 0 Å². The summed E-state index contributed by atoms with van der Waals surface area (Å²) < 4.78 is 6.45. The molecular formula is C21H42O. The molecule has 2 atom stereocenters. The molecule has 0 spiro atoms. The van der Waals surface area contributed by atoms with E-state index in [1.807, 2.05) is 0 Å². The van der Waals surface area contributed by atoms with E-state index >= 15 is 0 Å². The second kappa shape index (κ2) is 11.3. The fourth-order valence-electron chi connectivity index (χ4n) is 3.72. The molecule has 0 rings (SSSR count). The number of hydrogen-bond acceptors (Lipinski definition) is 1. The summed E-state index contributed by atoms with van der Waals surface area (Å²) in [4.78, 5) is 0. The van der Waals surface area contributed by atoms with Crippen LogP contribution in [0.2, 0.25) is 0 Å². The highest BCUT2D eigenvalue weighted by atomic mass is 16.5. The molecule has 0 bridgehead atoms. The molecule has 1 heteroatoms. The molecule has 0 radical (unpaired) electrons. The van der Waals surface area contributed by atoms with Crippen LogP contribution in [0.15, 0.2) is 12.7 Å². The first kappa shape index (κ1) is 21.7. The van der Waals surface area contributed by atoms with Crippen molar-refractivity contribution in [1.82, 2.24) is 0 Å². The monoisotopic (exact) mass is 310 g/mol. The van der Waals surface area contributed by atoms with Gasteiger partial charge >= 0.3 is 0 Å². The molecule has 0 aliphatic rings. The van der Waals surface area contributed by atoms with Crippen LogP contribution < -0.4 is 0 Å². The van der Waals surface area contributed by atoms with Crippen molar-refractivity contribution in [3.63, 3.8) is 0 Å². The van der Waals surface area contributed by atoms with Gasteiger partial charge in [-0.2, -0.15) is 0 Å². The molecule has 22 heavy (non-hydrogen) atoms. The molecule has 0 aliphatic heterocycles. The molecule has 2 unspecified atom stereocenters. The van der Waals surface area contributed by atoms with Crippen LogP contribution in [0, 0.1) is 17.8 Å². The van der Waals surface area contributed by atoms with Crippen LogP contribution in [0.4, 0.5) is 0 Å². The third-order valence-corrected chi connectivity index (χ3v) is 4.91. The fraction of sp³-hybridized carbons (Fsp3) is 0.905. The number of hydrogen-bond donors (Lipinski definition) is 0. The van der Waals surface area contributed by atoms with Crippen LogP contribution in [0.25, 0.3) is 0 Å². The van der Waals surface area contributed by atoms with Crippen LogP contribution >= 0.6 is 0 Å². The van der Waals surface area contributed by atoms with Gasteiger partial charge in [0, 0.05) is 0 Å². The lowest BCUT2D eigenvalue weighted by molar-refractivity contribution is -0.124. The summed E-state index contributed by atoms with van der Waals surface area (Å²) in [6.45, 7) is 20.0. The van der Waals surface area contributed by atoms with Crippen LogP contribution in [0.5, 0.6) is 0 Å². The van der Waals surface area contributed by atoms with E-state index in [0.717, 1.165) is 0 Å². The smallest absolute Gasteiger partial charge is 0.0916 e. The van der Waals surface area contributed by atoms with Gasteiger partial charge in [0.1, 0.15) is 0 Å². The number of ether oxygens (including phenoxy) is 1. The maximum Gasteiger partial charge on any atom is 0.0916 e. The zero-order valence-corrected chi connectivity index (χ0v) is 16.5. The molecule has 0 amide bonds. The van der Waals surface area contributed by atoms with Crippen molar-refractivity contribution >= 4 is 0 Å². The summed E-state index contributed by atoms with van der Waals surface area (Å²) in [6, 6.07) is 0. The number of rotatable bonds is 13. The van der Waals surface area contributed by atoms with Gasteiger partial charge in [-0.05, 0) is 38.0 Å². The van der Waals surface area contributed by atoms with E-state index in [2.05, 4.69) is 61.1 Å². The van der Waals surface area contributed by atoms with Gasteiger partial charge in [0.15, 0.2) is 0 Å². The molecule has 0 saturated carbocycles. The Balaban J connectivity index is 4.81. The zero-order chi connectivity index (χ0) is 17.2. The molecule has 0 aromatic rings. The third-order valence-electron chi connectivity index (χ3n) is 4.91. The molecule has 132 valence electrons. The maximum atomic E-state index is 6.45. The predicted octanol–water partition coefficient (Wildman–Crippen LogP) is 7.02. The molecule has 0 saturated heterocycles. The molecule has 0 aromatic carbocycles. The zero-order valence-electron chi connectivity index (χ0n) is 16.5. The van der Waals surface area contributed by atoms with Gasteiger partial charge in [0.2, 0.25) is 0 Å². The molecular weight excluding hydrogens is 268 g/mol. The second-order valence-electron chi connectivity index (χ2n) is 7.79. The number of unbranched alkanes of at least 4 members (excludes halogenated alkanes) is 5. The minimum atomic E-state index is -0.189. The third kappa shape index (κ3) is 6.86. The normalized spacial score (nSPS) is 16.3. The molecule has 0 aliphatic carbocycles. The van der Waals surface area contributed by atoms with Gasteiger partial charge in [0.25, 0.3) is 0 Å². The molecule has 0 fully saturated rings. The Morgan fingerprint density at radius 2 is 1.45 bits per heavy atom. The van der Waals surface area contributed by atoms with Gasteiger partial charge in [0.05, 0.1) is 11.7 Å². The van der Waals surface area contributed by atoms with E-state index in [0.29, 0.717) is 17.8 Å². The summed E-state index contributed by atoms with van der Waals surface area (Å²) in [7, 11) is 0. The van der Waals surface area contributed by atoms with Crippen molar-refractivity contribution in [2.75, 3.05) is 0 Å². The Kier molecular flexibility index (Phi) is 11.1. The average Bonchev–Trinajstić information content (AvgIpc) is 2.43. The highest BCUT2D eigenvalue weighted by molar-refractivity contribution is 5.05. The van der Waals surface area contributed by atoms with Gasteiger partial charge in [-0.1, -0.05) is 79.2 Å². The van der Waals surface area contributed by atoms with E-state index in [4.69, 9.17) is 4.74 Å². The van der Waals surface area contributed by atoms with Crippen molar-refractivity contribution < 1.29 is 4.74 Å². The lowest BCUT2D eigenvalue weighted by atomic mass is 9.70. The van der Waals surface area contributed by atoms with E-state index in [1.165, 1.54) is 44.9 Å². The van der Waals surface area contributed by atoms with Gasteiger partial charge in [-0.15, -0.1) is 6.58 Å². The van der Waals surface area contributed by atoms with E-state index < -0.39 is 0 Å². The Bertz CT molecular complexity index is 280. The van der Waals surface area contributed by atoms with Crippen LogP contribution in [-0.4, -0.2) is 11.7 Å². The first-order chi connectivity index (χ1) is 10.3. The van der Waals surface area contributed by atoms with Gasteiger partial charge < -0.3 is 4.74 Å². The summed E-state index contributed by atoms with van der Waals surface area (Å²) >= 11 is 0. The standard InChI is InChI=1S/C21H42O/c1-9-11-12-13-14-15-16-20(17(3)4)21(10-2,18(5)6)22-19(7)8/h10,17-20H,2,9,11-16H2,1,3-8H3. The van der Waals surface area contributed by atoms with Crippen LogP contribution in [0.3, 0.4) is 0 Å². The van der Waals surface area contributed by atoms with Gasteiger partial charge in [-0.25, -0.2) is 0 Å². The lowest BCUT2D eigenvalue weighted by Gasteiger charge is -2.45. The summed E-state index contributed by atoms with van der Waals surface area (Å²) in [5.41, 5.74) is -0.189. The Morgan fingerprint density at radius 3 is 1.86 bits per heavy atom. The summed E-state index contributed by atoms with van der Waals surface area (Å²) in [5, 5.41) is 0. The molecule has 0 N–H and O–H groups in total. The van der Waals surface area contributed by atoms with Crippen molar-refractivity contribution in [1.29, 1.82) is 0 Å². The Labute approximate surface area is 140 Å². The average molecular weight is 311 g/mol. The fourth-order valence-corrected chi connectivity index (χ4v) is 3.72. The van der Waals surface area contributed by atoms with Gasteiger partial charge in [-0.3, -0.25) is 0 Å². The molecule has 0 aromatic heterocycles. The van der Waals surface area contributed by atoms with E-state index in [1.54, 1.807) is 0 Å². The van der Waals surface area contributed by atoms with Crippen molar-refractivity contribution in [3.8, 4) is 0 Å². The second-order valence-corrected chi connectivity index (χ2v) is 7.79. The SMILES string of the molecule is C=CC(OC(C)C)(C(C)C)C(CCCCCCCC)C(C)C. The largest absolute Gasteiger partial charge is 0.368 e. The first-order valence-electron chi connectivity index (χ1n) is 9.63. The molecule has 0 heterocycles. The predicted molar refractivity (Wildman–Crippen MR) is 100 cm³/mol. The minimum absolute atomic E-state index is 0.189. The highest BCUT2D eigenvalue weighted by Gasteiger charge is 2.41.